The Morgan fingerprint density at radius 3 is 1.61 bits per heavy atom. The van der Waals surface area contributed by atoms with E-state index >= 15 is 0 Å². The summed E-state index contributed by atoms with van der Waals surface area (Å²) in [4.78, 5) is 0. The van der Waals surface area contributed by atoms with E-state index in [0.29, 0.717) is 0 Å². The van der Waals surface area contributed by atoms with Crippen LogP contribution in [0, 0.1) is 0 Å². The zero-order valence-corrected chi connectivity index (χ0v) is 27.5. The molecule has 0 amide bonds. The first-order valence-electron chi connectivity index (χ1n) is 17.3. The smallest absolute Gasteiger partial charge is 0.147 e. The Labute approximate surface area is 293 Å². The average Bonchev–Trinajstić information content (AvgIpc) is 3.87. The second-order valence-electron chi connectivity index (χ2n) is 13.3. The van der Waals surface area contributed by atoms with Crippen LogP contribution in [0.3, 0.4) is 0 Å². The molecule has 11 rings (SSSR count). The predicted octanol–water partition coefficient (Wildman–Crippen LogP) is 13.6. The van der Waals surface area contributed by atoms with Crippen molar-refractivity contribution in [3.63, 3.8) is 0 Å². The van der Waals surface area contributed by atoms with Gasteiger partial charge in [0.1, 0.15) is 22.3 Å². The van der Waals surface area contributed by atoms with Crippen molar-refractivity contribution in [2.45, 2.75) is 0 Å². The number of para-hydroxylation sites is 1. The third-order valence-electron chi connectivity index (χ3n) is 10.4. The number of hydrogen-bond donors (Lipinski definition) is 0. The molecule has 3 aromatic heterocycles. The molecule has 0 N–H and O–H groups in total. The van der Waals surface area contributed by atoms with E-state index in [9.17, 15) is 0 Å². The molecule has 3 heteroatoms. The fourth-order valence-electron chi connectivity index (χ4n) is 8.04. The topological polar surface area (TPSA) is 31.2 Å². The van der Waals surface area contributed by atoms with Crippen molar-refractivity contribution in [3.05, 3.63) is 176 Å². The second-order valence-corrected chi connectivity index (χ2v) is 13.3. The molecule has 0 radical (unpaired) electrons. The molecule has 0 unspecified atom stereocenters. The fraction of sp³-hybridized carbons (Fsp3) is 0. The molecule has 11 aromatic rings. The van der Waals surface area contributed by atoms with Crippen LogP contribution in [0.15, 0.2) is 185 Å². The van der Waals surface area contributed by atoms with E-state index in [1.165, 1.54) is 44.1 Å². The molecule has 8 aromatic carbocycles. The quantitative estimate of drug-likeness (QED) is 0.190. The SMILES string of the molecule is c1ccc(-c2ccc3c(c2)c2cc(-c4ccccc4)ccc2n3-c2ccc(-c3cccc4oc5ccc6c7ccccc7oc6c5c34)cc2)cc1. The van der Waals surface area contributed by atoms with Crippen LogP contribution in [0.5, 0.6) is 0 Å². The summed E-state index contributed by atoms with van der Waals surface area (Å²) in [6, 6.07) is 62.6. The lowest BCUT2D eigenvalue weighted by atomic mass is 9.98. The molecule has 3 heterocycles. The van der Waals surface area contributed by atoms with Crippen LogP contribution in [0.2, 0.25) is 0 Å². The number of furan rings is 2. The molecule has 3 nitrogen and oxygen atoms in total. The standard InChI is InChI=1S/C48H29NO2/c1-3-10-30(11-4-1)33-20-25-41-39(28-33)40-29-34(31-12-5-2-6-13-31)21-26-42(40)49(41)35-22-18-32(19-23-35)36-15-9-17-44-46(36)47-45(50-44)27-24-38-37-14-7-8-16-43(37)51-48(38)47/h1-29H. The highest BCUT2D eigenvalue weighted by atomic mass is 16.3. The fourth-order valence-corrected chi connectivity index (χ4v) is 8.04. The van der Waals surface area contributed by atoms with Crippen LogP contribution < -0.4 is 0 Å². The minimum Gasteiger partial charge on any atom is -0.456 e. The van der Waals surface area contributed by atoms with Gasteiger partial charge in [0.25, 0.3) is 0 Å². The van der Waals surface area contributed by atoms with Gasteiger partial charge in [-0.15, -0.1) is 0 Å². The Balaban J connectivity index is 1.10. The van der Waals surface area contributed by atoms with Gasteiger partial charge >= 0.3 is 0 Å². The molecule has 0 spiro atoms. The summed E-state index contributed by atoms with van der Waals surface area (Å²) < 4.78 is 15.3. The molecule has 0 fully saturated rings. The van der Waals surface area contributed by atoms with Crippen molar-refractivity contribution in [2.75, 3.05) is 0 Å². The van der Waals surface area contributed by atoms with Crippen molar-refractivity contribution < 1.29 is 8.83 Å². The lowest BCUT2D eigenvalue weighted by Crippen LogP contribution is -1.94. The molecular formula is C48H29NO2. The van der Waals surface area contributed by atoms with Crippen LogP contribution in [0.4, 0.5) is 0 Å². The number of rotatable bonds is 4. The minimum atomic E-state index is 0.829. The summed E-state index contributed by atoms with van der Waals surface area (Å²) in [5.74, 6) is 0. The van der Waals surface area contributed by atoms with E-state index in [1.807, 2.05) is 18.2 Å². The lowest BCUT2D eigenvalue weighted by molar-refractivity contribution is 0.663. The predicted molar refractivity (Wildman–Crippen MR) is 212 cm³/mol. The Morgan fingerprint density at radius 1 is 0.333 bits per heavy atom. The third kappa shape index (κ3) is 4.25. The highest BCUT2D eigenvalue weighted by Gasteiger charge is 2.20. The molecule has 238 valence electrons. The Morgan fingerprint density at radius 2 is 0.922 bits per heavy atom. The first-order chi connectivity index (χ1) is 25.3. The summed E-state index contributed by atoms with van der Waals surface area (Å²) in [6.07, 6.45) is 0. The highest BCUT2D eigenvalue weighted by molar-refractivity contribution is 6.24. The number of fused-ring (bicyclic) bond motifs is 10. The van der Waals surface area contributed by atoms with Gasteiger partial charge in [-0.2, -0.15) is 0 Å². The molecule has 0 saturated heterocycles. The van der Waals surface area contributed by atoms with Gasteiger partial charge < -0.3 is 13.4 Å². The van der Waals surface area contributed by atoms with Gasteiger partial charge in [-0.3, -0.25) is 0 Å². The van der Waals surface area contributed by atoms with Crippen LogP contribution in [0.1, 0.15) is 0 Å². The van der Waals surface area contributed by atoms with Gasteiger partial charge in [-0.05, 0) is 94.0 Å². The normalized spacial score (nSPS) is 11.9. The van der Waals surface area contributed by atoms with Gasteiger partial charge in [0.15, 0.2) is 0 Å². The van der Waals surface area contributed by atoms with Crippen molar-refractivity contribution in [3.8, 4) is 39.1 Å². The second kappa shape index (κ2) is 10.8. The first-order valence-corrected chi connectivity index (χ1v) is 17.3. The Bertz CT molecular complexity index is 3010. The van der Waals surface area contributed by atoms with E-state index in [4.69, 9.17) is 8.83 Å². The number of nitrogens with zero attached hydrogens (tertiary/aromatic N) is 1. The molecular weight excluding hydrogens is 623 g/mol. The molecule has 51 heavy (non-hydrogen) atoms. The number of hydrogen-bond acceptors (Lipinski definition) is 2. The molecule has 0 atom stereocenters. The van der Waals surface area contributed by atoms with E-state index in [2.05, 4.69) is 162 Å². The molecule has 0 aliphatic rings. The van der Waals surface area contributed by atoms with Gasteiger partial charge in [0.05, 0.1) is 16.4 Å². The molecule has 0 aliphatic carbocycles. The van der Waals surface area contributed by atoms with Crippen LogP contribution >= 0.6 is 0 Å². The Hall–Kier alpha value is -6.84. The largest absolute Gasteiger partial charge is 0.456 e. The van der Waals surface area contributed by atoms with E-state index in [0.717, 1.165) is 60.7 Å². The van der Waals surface area contributed by atoms with Crippen LogP contribution in [-0.2, 0) is 0 Å². The Kier molecular flexibility index (Phi) is 5.96. The maximum Gasteiger partial charge on any atom is 0.147 e. The zero-order chi connectivity index (χ0) is 33.5. The zero-order valence-electron chi connectivity index (χ0n) is 27.5. The number of aromatic nitrogens is 1. The van der Waals surface area contributed by atoms with Crippen molar-refractivity contribution in [1.82, 2.24) is 4.57 Å². The maximum absolute atomic E-state index is 6.48. The van der Waals surface area contributed by atoms with Gasteiger partial charge in [-0.1, -0.05) is 115 Å². The summed E-state index contributed by atoms with van der Waals surface area (Å²) in [7, 11) is 0. The van der Waals surface area contributed by atoms with E-state index in [-0.39, 0.29) is 0 Å². The highest BCUT2D eigenvalue weighted by Crippen LogP contribution is 2.43. The van der Waals surface area contributed by atoms with E-state index in [1.54, 1.807) is 0 Å². The van der Waals surface area contributed by atoms with Gasteiger partial charge in [0, 0.05) is 32.6 Å². The monoisotopic (exact) mass is 651 g/mol. The van der Waals surface area contributed by atoms with Gasteiger partial charge in [0.2, 0.25) is 0 Å². The van der Waals surface area contributed by atoms with Crippen molar-refractivity contribution in [2.24, 2.45) is 0 Å². The van der Waals surface area contributed by atoms with Crippen molar-refractivity contribution >= 4 is 65.7 Å². The average molecular weight is 652 g/mol. The number of benzene rings is 8. The summed E-state index contributed by atoms with van der Waals surface area (Å²) >= 11 is 0. The lowest BCUT2D eigenvalue weighted by Gasteiger charge is -2.11. The third-order valence-corrected chi connectivity index (χ3v) is 10.4. The summed E-state index contributed by atoms with van der Waals surface area (Å²) in [6.45, 7) is 0. The summed E-state index contributed by atoms with van der Waals surface area (Å²) in [5, 5.41) is 6.77. The molecule has 0 aliphatic heterocycles. The molecule has 0 bridgehead atoms. The van der Waals surface area contributed by atoms with Crippen LogP contribution in [0.25, 0.3) is 105 Å². The molecule has 0 saturated carbocycles. The van der Waals surface area contributed by atoms with E-state index < -0.39 is 0 Å². The minimum absolute atomic E-state index is 0.829. The first kappa shape index (κ1) is 28.0. The van der Waals surface area contributed by atoms with Crippen LogP contribution in [-0.4, -0.2) is 4.57 Å². The van der Waals surface area contributed by atoms with Gasteiger partial charge in [-0.25, -0.2) is 0 Å². The summed E-state index contributed by atoms with van der Waals surface area (Å²) in [5.41, 5.74) is 14.0. The van der Waals surface area contributed by atoms with Crippen molar-refractivity contribution in [1.29, 1.82) is 0 Å². The maximum atomic E-state index is 6.48.